The van der Waals surface area contributed by atoms with Crippen molar-refractivity contribution in [3.05, 3.63) is 88.3 Å². The third kappa shape index (κ3) is 3.83. The number of rotatable bonds is 5. The number of benzene rings is 2. The van der Waals surface area contributed by atoms with Gasteiger partial charge in [0.2, 0.25) is 0 Å². The maximum atomic E-state index is 12.6. The van der Waals surface area contributed by atoms with Gasteiger partial charge in [-0.15, -0.1) is 0 Å². The summed E-state index contributed by atoms with van der Waals surface area (Å²) in [5.41, 5.74) is 1.24. The van der Waals surface area contributed by atoms with E-state index in [4.69, 9.17) is 16.0 Å². The summed E-state index contributed by atoms with van der Waals surface area (Å²) in [5.74, 6) is -1.17. The SMILES string of the molecule is O=C([O-])c1cc(-c2ccc(/C=C3/NC(=O)N(Cc4ccccc4)C3=O)o2)ccc1Cl. The summed E-state index contributed by atoms with van der Waals surface area (Å²) in [4.78, 5) is 37.1. The highest BCUT2D eigenvalue weighted by Gasteiger charge is 2.33. The van der Waals surface area contributed by atoms with Crippen LogP contribution in [0.2, 0.25) is 5.02 Å². The normalized spacial score (nSPS) is 15.0. The second-order valence-electron chi connectivity index (χ2n) is 6.55. The fourth-order valence-electron chi connectivity index (χ4n) is 3.04. The third-order valence-corrected chi connectivity index (χ3v) is 4.86. The monoisotopic (exact) mass is 421 g/mol. The van der Waals surface area contributed by atoms with Crippen LogP contribution in [0, 0.1) is 0 Å². The zero-order valence-corrected chi connectivity index (χ0v) is 16.2. The fraction of sp³-hybridized carbons (Fsp3) is 0.0455. The van der Waals surface area contributed by atoms with E-state index in [0.717, 1.165) is 10.5 Å². The summed E-state index contributed by atoms with van der Waals surface area (Å²) in [6, 6.07) is 16.3. The quantitative estimate of drug-likeness (QED) is 0.503. The number of halogens is 1. The van der Waals surface area contributed by atoms with Gasteiger partial charge in [0, 0.05) is 22.2 Å². The number of carbonyl (C=O) groups excluding carboxylic acids is 3. The lowest BCUT2D eigenvalue weighted by Crippen LogP contribution is -2.30. The Morgan fingerprint density at radius 1 is 1.10 bits per heavy atom. The molecule has 3 aromatic rings. The number of carboxylic acid groups (broad SMARTS) is 1. The first-order valence-corrected chi connectivity index (χ1v) is 9.30. The van der Waals surface area contributed by atoms with Crippen molar-refractivity contribution in [2.24, 2.45) is 0 Å². The third-order valence-electron chi connectivity index (χ3n) is 4.53. The Hall–Kier alpha value is -3.84. The van der Waals surface area contributed by atoms with E-state index in [1.807, 2.05) is 30.3 Å². The molecular formula is C22H14ClN2O5-. The molecule has 0 unspecified atom stereocenters. The summed E-state index contributed by atoms with van der Waals surface area (Å²) in [6.45, 7) is 0.156. The molecule has 0 aliphatic carbocycles. The molecule has 1 aromatic heterocycles. The Morgan fingerprint density at radius 3 is 2.60 bits per heavy atom. The van der Waals surface area contributed by atoms with E-state index in [-0.39, 0.29) is 22.8 Å². The van der Waals surface area contributed by atoms with Gasteiger partial charge >= 0.3 is 6.03 Å². The van der Waals surface area contributed by atoms with Crippen molar-refractivity contribution in [1.29, 1.82) is 0 Å². The van der Waals surface area contributed by atoms with Gasteiger partial charge in [-0.3, -0.25) is 9.69 Å². The molecule has 8 heteroatoms. The van der Waals surface area contributed by atoms with E-state index in [0.29, 0.717) is 17.1 Å². The Balaban J connectivity index is 1.56. The predicted octanol–water partition coefficient (Wildman–Crippen LogP) is 3.06. The number of nitrogens with zero attached hydrogens (tertiary/aromatic N) is 1. The van der Waals surface area contributed by atoms with Gasteiger partial charge in [-0.25, -0.2) is 4.79 Å². The van der Waals surface area contributed by atoms with E-state index in [9.17, 15) is 19.5 Å². The smallest absolute Gasteiger partial charge is 0.329 e. The van der Waals surface area contributed by atoms with Gasteiger partial charge in [0.1, 0.15) is 17.2 Å². The van der Waals surface area contributed by atoms with Crippen molar-refractivity contribution in [2.45, 2.75) is 6.54 Å². The highest BCUT2D eigenvalue weighted by Crippen LogP contribution is 2.28. The van der Waals surface area contributed by atoms with Gasteiger partial charge < -0.3 is 19.6 Å². The van der Waals surface area contributed by atoms with Crippen LogP contribution in [0.25, 0.3) is 17.4 Å². The second kappa shape index (κ2) is 7.88. The highest BCUT2D eigenvalue weighted by atomic mass is 35.5. The van der Waals surface area contributed by atoms with Gasteiger partial charge in [0.15, 0.2) is 0 Å². The molecule has 150 valence electrons. The number of nitrogens with one attached hydrogen (secondary N) is 1. The number of amides is 3. The minimum absolute atomic E-state index is 0.0606. The van der Waals surface area contributed by atoms with Crippen LogP contribution in [0.15, 0.2) is 70.8 Å². The van der Waals surface area contributed by atoms with E-state index >= 15 is 0 Å². The van der Waals surface area contributed by atoms with Crippen molar-refractivity contribution in [3.63, 3.8) is 0 Å². The number of imide groups is 1. The minimum atomic E-state index is -1.39. The molecule has 30 heavy (non-hydrogen) atoms. The first-order valence-electron chi connectivity index (χ1n) is 8.92. The minimum Gasteiger partial charge on any atom is -0.545 e. The molecule has 4 rings (SSSR count). The molecule has 0 atom stereocenters. The van der Waals surface area contributed by atoms with Crippen LogP contribution in [-0.2, 0) is 11.3 Å². The molecule has 1 aliphatic rings. The summed E-state index contributed by atoms with van der Waals surface area (Å²) in [6.07, 6.45) is 1.42. The summed E-state index contributed by atoms with van der Waals surface area (Å²) in [5, 5.41) is 13.7. The van der Waals surface area contributed by atoms with Crippen LogP contribution in [0.5, 0.6) is 0 Å². The largest absolute Gasteiger partial charge is 0.545 e. The van der Waals surface area contributed by atoms with Crippen LogP contribution in [-0.4, -0.2) is 22.8 Å². The van der Waals surface area contributed by atoms with Crippen LogP contribution in [0.3, 0.4) is 0 Å². The summed E-state index contributed by atoms with van der Waals surface area (Å²) >= 11 is 5.86. The predicted molar refractivity (Wildman–Crippen MR) is 107 cm³/mol. The van der Waals surface area contributed by atoms with Gasteiger partial charge in [-0.1, -0.05) is 41.9 Å². The first-order chi connectivity index (χ1) is 14.4. The number of hydrogen-bond acceptors (Lipinski definition) is 5. The summed E-state index contributed by atoms with van der Waals surface area (Å²) < 4.78 is 5.69. The summed E-state index contributed by atoms with van der Waals surface area (Å²) in [7, 11) is 0. The number of carbonyl (C=O) groups is 3. The molecule has 1 aliphatic heterocycles. The first kappa shape index (κ1) is 19.5. The molecule has 0 radical (unpaired) electrons. The van der Waals surface area contributed by atoms with Gasteiger partial charge in [0.25, 0.3) is 5.91 Å². The van der Waals surface area contributed by atoms with Crippen molar-refractivity contribution in [2.75, 3.05) is 0 Å². The topological polar surface area (TPSA) is 103 Å². The van der Waals surface area contributed by atoms with E-state index in [1.54, 1.807) is 18.2 Å². The maximum Gasteiger partial charge on any atom is 0.329 e. The van der Waals surface area contributed by atoms with Crippen molar-refractivity contribution >= 4 is 35.6 Å². The molecule has 3 amide bonds. The molecule has 2 aromatic carbocycles. The molecule has 1 N–H and O–H groups in total. The Labute approximate surface area is 176 Å². The van der Waals surface area contributed by atoms with Gasteiger partial charge in [-0.05, 0) is 35.9 Å². The Bertz CT molecular complexity index is 1180. The molecular weight excluding hydrogens is 408 g/mol. The van der Waals surface area contributed by atoms with Crippen LogP contribution < -0.4 is 10.4 Å². The molecule has 2 heterocycles. The van der Waals surface area contributed by atoms with Crippen molar-refractivity contribution in [3.8, 4) is 11.3 Å². The molecule has 0 spiro atoms. The lowest BCUT2D eigenvalue weighted by molar-refractivity contribution is -0.255. The molecule has 1 fully saturated rings. The second-order valence-corrected chi connectivity index (χ2v) is 6.96. The van der Waals surface area contributed by atoms with Crippen molar-refractivity contribution < 1.29 is 23.9 Å². The van der Waals surface area contributed by atoms with Crippen molar-refractivity contribution in [1.82, 2.24) is 10.2 Å². The zero-order valence-electron chi connectivity index (χ0n) is 15.4. The van der Waals surface area contributed by atoms with Crippen LogP contribution >= 0.6 is 11.6 Å². The molecule has 7 nitrogen and oxygen atoms in total. The molecule has 1 saturated heterocycles. The van der Waals surface area contributed by atoms with E-state index in [2.05, 4.69) is 5.32 Å². The molecule has 0 saturated carbocycles. The van der Waals surface area contributed by atoms with Gasteiger partial charge in [0.05, 0.1) is 12.5 Å². The van der Waals surface area contributed by atoms with Gasteiger partial charge in [-0.2, -0.15) is 0 Å². The average molecular weight is 422 g/mol. The highest BCUT2D eigenvalue weighted by molar-refractivity contribution is 6.33. The fourth-order valence-corrected chi connectivity index (χ4v) is 3.24. The van der Waals surface area contributed by atoms with Crippen LogP contribution in [0.1, 0.15) is 21.7 Å². The molecule has 0 bridgehead atoms. The Morgan fingerprint density at radius 2 is 1.87 bits per heavy atom. The lowest BCUT2D eigenvalue weighted by Gasteiger charge is -2.11. The standard InChI is InChI=1S/C22H15ClN2O5/c23-17-8-6-14(10-16(17)21(27)28)19-9-7-15(30-19)11-18-20(26)25(22(29)24-18)12-13-4-2-1-3-5-13/h1-11H,12H2,(H,24,29)(H,27,28)/p-1/b18-11+. The van der Waals surface area contributed by atoms with Crippen LogP contribution in [0.4, 0.5) is 4.79 Å². The number of urea groups is 1. The number of furan rings is 1. The van der Waals surface area contributed by atoms with E-state index < -0.39 is 17.9 Å². The maximum absolute atomic E-state index is 12.6. The Kier molecular flexibility index (Phi) is 5.12. The average Bonchev–Trinajstić information content (AvgIpc) is 3.29. The number of aromatic carboxylic acids is 1. The zero-order chi connectivity index (χ0) is 21.3. The lowest BCUT2D eigenvalue weighted by atomic mass is 10.1. The van der Waals surface area contributed by atoms with E-state index in [1.165, 1.54) is 18.2 Å². The number of carboxylic acids is 1. The number of hydrogen-bond donors (Lipinski definition) is 1.